The molecule has 0 saturated heterocycles. The zero-order chi connectivity index (χ0) is 11.6. The van der Waals surface area contributed by atoms with E-state index in [1.165, 1.54) is 0 Å². The van der Waals surface area contributed by atoms with Gasteiger partial charge in [-0.25, -0.2) is 9.78 Å². The Kier molecular flexibility index (Phi) is 2.98. The van der Waals surface area contributed by atoms with Crippen LogP contribution in [-0.4, -0.2) is 16.6 Å². The number of rotatable bonds is 1. The van der Waals surface area contributed by atoms with Crippen molar-refractivity contribution in [3.05, 3.63) is 23.5 Å². The Morgan fingerprint density at radius 1 is 1.47 bits per heavy atom. The van der Waals surface area contributed by atoms with Gasteiger partial charge < -0.3 is 10.5 Å². The van der Waals surface area contributed by atoms with Gasteiger partial charge >= 0.3 is 5.97 Å². The molecule has 82 valence electrons. The number of hydrogen-bond acceptors (Lipinski definition) is 4. The summed E-state index contributed by atoms with van der Waals surface area (Å²) >= 11 is 0. The second-order valence-corrected chi connectivity index (χ2v) is 4.39. The van der Waals surface area contributed by atoms with Gasteiger partial charge in [0, 0.05) is 6.20 Å². The smallest absolute Gasteiger partial charge is 0.359 e. The number of pyridine rings is 1. The SMILES string of the molecule is Cc1ccnc(C(=O)OC(C)(C)C)c1N. The first-order valence-electron chi connectivity index (χ1n) is 4.75. The summed E-state index contributed by atoms with van der Waals surface area (Å²) < 4.78 is 5.18. The summed E-state index contributed by atoms with van der Waals surface area (Å²) in [5, 5.41) is 0. The van der Waals surface area contributed by atoms with Gasteiger partial charge in [-0.15, -0.1) is 0 Å². The molecule has 0 saturated carbocycles. The van der Waals surface area contributed by atoms with Crippen LogP contribution in [0.1, 0.15) is 36.8 Å². The fourth-order valence-corrected chi connectivity index (χ4v) is 1.06. The zero-order valence-electron chi connectivity index (χ0n) is 9.50. The maximum Gasteiger partial charge on any atom is 0.359 e. The van der Waals surface area contributed by atoms with Crippen molar-refractivity contribution in [2.24, 2.45) is 0 Å². The van der Waals surface area contributed by atoms with Crippen LogP contribution < -0.4 is 5.73 Å². The van der Waals surface area contributed by atoms with E-state index in [2.05, 4.69) is 4.98 Å². The molecule has 0 atom stereocenters. The number of ether oxygens (including phenoxy) is 1. The number of aromatic nitrogens is 1. The number of carbonyl (C=O) groups is 1. The highest BCUT2D eigenvalue weighted by Crippen LogP contribution is 2.17. The van der Waals surface area contributed by atoms with Crippen LogP contribution in [0.25, 0.3) is 0 Å². The lowest BCUT2D eigenvalue weighted by Gasteiger charge is -2.19. The standard InChI is InChI=1S/C11H16N2O2/c1-7-5-6-13-9(8(7)12)10(14)15-11(2,3)4/h5-6H,12H2,1-4H3. The van der Waals surface area contributed by atoms with Gasteiger partial charge in [0.05, 0.1) is 5.69 Å². The van der Waals surface area contributed by atoms with Crippen LogP contribution >= 0.6 is 0 Å². The van der Waals surface area contributed by atoms with Crippen molar-refractivity contribution in [1.82, 2.24) is 4.98 Å². The van der Waals surface area contributed by atoms with E-state index in [1.807, 2.05) is 6.92 Å². The zero-order valence-corrected chi connectivity index (χ0v) is 9.50. The Balaban J connectivity index is 2.97. The largest absolute Gasteiger partial charge is 0.455 e. The minimum Gasteiger partial charge on any atom is -0.455 e. The maximum absolute atomic E-state index is 11.7. The van der Waals surface area contributed by atoms with E-state index >= 15 is 0 Å². The number of carbonyl (C=O) groups excluding carboxylic acids is 1. The second kappa shape index (κ2) is 3.88. The lowest BCUT2D eigenvalue weighted by Crippen LogP contribution is -2.25. The summed E-state index contributed by atoms with van der Waals surface area (Å²) in [6, 6.07) is 1.75. The fraction of sp³-hybridized carbons (Fsp3) is 0.455. The predicted molar refractivity (Wildman–Crippen MR) is 58.6 cm³/mol. The summed E-state index contributed by atoms with van der Waals surface area (Å²) in [7, 11) is 0. The van der Waals surface area contributed by atoms with Gasteiger partial charge in [-0.3, -0.25) is 0 Å². The molecule has 0 aliphatic rings. The molecular formula is C11H16N2O2. The lowest BCUT2D eigenvalue weighted by atomic mass is 10.1. The number of anilines is 1. The van der Waals surface area contributed by atoms with Gasteiger partial charge in [-0.1, -0.05) is 0 Å². The van der Waals surface area contributed by atoms with Gasteiger partial charge in [-0.2, -0.15) is 0 Å². The molecule has 4 nitrogen and oxygen atoms in total. The number of hydrogen-bond donors (Lipinski definition) is 1. The van der Waals surface area contributed by atoms with Crippen molar-refractivity contribution in [3.63, 3.8) is 0 Å². The summed E-state index contributed by atoms with van der Waals surface area (Å²) in [4.78, 5) is 15.6. The maximum atomic E-state index is 11.7. The average molecular weight is 208 g/mol. The molecule has 0 aliphatic carbocycles. The molecule has 1 rings (SSSR count). The highest BCUT2D eigenvalue weighted by Gasteiger charge is 2.21. The van der Waals surface area contributed by atoms with E-state index in [1.54, 1.807) is 33.0 Å². The normalized spacial score (nSPS) is 11.2. The molecule has 1 aromatic rings. The molecule has 0 aliphatic heterocycles. The van der Waals surface area contributed by atoms with Crippen LogP contribution in [0.3, 0.4) is 0 Å². The summed E-state index contributed by atoms with van der Waals surface area (Å²) in [6.07, 6.45) is 1.55. The molecule has 0 fully saturated rings. The van der Waals surface area contributed by atoms with E-state index in [9.17, 15) is 4.79 Å². The molecule has 0 aromatic carbocycles. The van der Waals surface area contributed by atoms with E-state index in [0.29, 0.717) is 5.69 Å². The van der Waals surface area contributed by atoms with Gasteiger partial charge in [-0.05, 0) is 39.3 Å². The molecule has 15 heavy (non-hydrogen) atoms. The Morgan fingerprint density at radius 2 is 2.07 bits per heavy atom. The molecule has 0 bridgehead atoms. The minimum absolute atomic E-state index is 0.185. The molecular weight excluding hydrogens is 192 g/mol. The molecule has 2 N–H and O–H groups in total. The number of nitrogens with zero attached hydrogens (tertiary/aromatic N) is 1. The van der Waals surface area contributed by atoms with E-state index in [4.69, 9.17) is 10.5 Å². The third-order valence-electron chi connectivity index (χ3n) is 1.80. The molecule has 1 aromatic heterocycles. The van der Waals surface area contributed by atoms with Crippen molar-refractivity contribution < 1.29 is 9.53 Å². The molecule has 4 heteroatoms. The Hall–Kier alpha value is -1.58. The Bertz CT molecular complexity index is 381. The second-order valence-electron chi connectivity index (χ2n) is 4.39. The summed E-state index contributed by atoms with van der Waals surface area (Å²) in [5.74, 6) is -0.483. The van der Waals surface area contributed by atoms with Crippen LogP contribution in [0.2, 0.25) is 0 Å². The first kappa shape index (κ1) is 11.5. The minimum atomic E-state index is -0.533. The van der Waals surface area contributed by atoms with Crippen molar-refractivity contribution in [1.29, 1.82) is 0 Å². The summed E-state index contributed by atoms with van der Waals surface area (Å²) in [6.45, 7) is 7.23. The average Bonchev–Trinajstić information content (AvgIpc) is 2.06. The molecule has 0 unspecified atom stereocenters. The monoisotopic (exact) mass is 208 g/mol. The lowest BCUT2D eigenvalue weighted by molar-refractivity contribution is 0.00641. The van der Waals surface area contributed by atoms with Crippen LogP contribution in [0.5, 0.6) is 0 Å². The van der Waals surface area contributed by atoms with E-state index in [0.717, 1.165) is 5.56 Å². The number of nitrogen functional groups attached to an aromatic ring is 1. The van der Waals surface area contributed by atoms with Gasteiger partial charge in [0.2, 0.25) is 0 Å². The van der Waals surface area contributed by atoms with Crippen LogP contribution in [0.15, 0.2) is 12.3 Å². The molecule has 0 amide bonds. The highest BCUT2D eigenvalue weighted by atomic mass is 16.6. The van der Waals surface area contributed by atoms with Gasteiger partial charge in [0.15, 0.2) is 5.69 Å². The quantitative estimate of drug-likeness (QED) is 0.716. The van der Waals surface area contributed by atoms with Crippen LogP contribution in [-0.2, 0) is 4.74 Å². The van der Waals surface area contributed by atoms with Gasteiger partial charge in [0.25, 0.3) is 0 Å². The first-order chi connectivity index (χ1) is 6.81. The number of esters is 1. The molecule has 0 spiro atoms. The highest BCUT2D eigenvalue weighted by molar-refractivity contribution is 5.93. The summed E-state index contributed by atoms with van der Waals surface area (Å²) in [5.41, 5.74) is 6.60. The first-order valence-corrected chi connectivity index (χ1v) is 4.75. The number of aryl methyl sites for hydroxylation is 1. The fourth-order valence-electron chi connectivity index (χ4n) is 1.06. The predicted octanol–water partition coefficient (Wildman–Crippen LogP) is 1.93. The molecule has 1 heterocycles. The van der Waals surface area contributed by atoms with Gasteiger partial charge in [0.1, 0.15) is 5.60 Å². The topological polar surface area (TPSA) is 65.2 Å². The van der Waals surface area contributed by atoms with Crippen molar-refractivity contribution in [3.8, 4) is 0 Å². The van der Waals surface area contributed by atoms with E-state index < -0.39 is 11.6 Å². The van der Waals surface area contributed by atoms with Crippen molar-refractivity contribution in [2.45, 2.75) is 33.3 Å². The third kappa shape index (κ3) is 2.94. The third-order valence-corrected chi connectivity index (χ3v) is 1.80. The van der Waals surface area contributed by atoms with Crippen molar-refractivity contribution in [2.75, 3.05) is 5.73 Å². The number of nitrogens with two attached hydrogens (primary N) is 1. The van der Waals surface area contributed by atoms with E-state index in [-0.39, 0.29) is 5.69 Å². The Morgan fingerprint density at radius 3 is 2.60 bits per heavy atom. The Labute approximate surface area is 89.5 Å². The van der Waals surface area contributed by atoms with Crippen LogP contribution in [0, 0.1) is 6.92 Å². The van der Waals surface area contributed by atoms with Crippen LogP contribution in [0.4, 0.5) is 5.69 Å². The van der Waals surface area contributed by atoms with Crippen molar-refractivity contribution >= 4 is 11.7 Å². The molecule has 0 radical (unpaired) electrons.